The van der Waals surface area contributed by atoms with E-state index < -0.39 is 0 Å². The Morgan fingerprint density at radius 2 is 1.85 bits per heavy atom. The summed E-state index contributed by atoms with van der Waals surface area (Å²) in [7, 11) is 0. The standard InChI is InChI=1S/C21H20N4OS/c1-14(20(26)18-12-22-19-11-7-6-10-17(18)19)27-21-24-23-15(2)25(21)13-16-8-4-3-5-9-16/h3-12,14,22H,13H2,1-2H3/t14-/m1/s1. The van der Waals surface area contributed by atoms with Crippen LogP contribution in [-0.2, 0) is 6.54 Å². The summed E-state index contributed by atoms with van der Waals surface area (Å²) >= 11 is 1.45. The highest BCUT2D eigenvalue weighted by Gasteiger charge is 2.22. The number of benzene rings is 2. The minimum atomic E-state index is -0.262. The number of para-hydroxylation sites is 1. The van der Waals surface area contributed by atoms with Crippen molar-refractivity contribution in [3.05, 3.63) is 77.7 Å². The van der Waals surface area contributed by atoms with Crippen LogP contribution in [0, 0.1) is 6.92 Å². The maximum Gasteiger partial charge on any atom is 0.192 e. The first-order chi connectivity index (χ1) is 13.1. The van der Waals surface area contributed by atoms with Crippen LogP contribution < -0.4 is 0 Å². The predicted molar refractivity (Wildman–Crippen MR) is 108 cm³/mol. The fourth-order valence-corrected chi connectivity index (χ4v) is 4.06. The Bertz CT molecular complexity index is 1080. The number of hydrogen-bond donors (Lipinski definition) is 1. The van der Waals surface area contributed by atoms with E-state index in [9.17, 15) is 4.79 Å². The molecule has 0 spiro atoms. The van der Waals surface area contributed by atoms with Gasteiger partial charge in [0.25, 0.3) is 0 Å². The fraction of sp³-hybridized carbons (Fsp3) is 0.190. The number of aromatic nitrogens is 4. The van der Waals surface area contributed by atoms with Gasteiger partial charge in [-0.15, -0.1) is 10.2 Å². The summed E-state index contributed by atoms with van der Waals surface area (Å²) in [6.07, 6.45) is 1.80. The van der Waals surface area contributed by atoms with E-state index in [-0.39, 0.29) is 11.0 Å². The molecule has 2 aromatic carbocycles. The maximum atomic E-state index is 13.0. The summed E-state index contributed by atoms with van der Waals surface area (Å²) in [5.41, 5.74) is 2.87. The van der Waals surface area contributed by atoms with Crippen LogP contribution in [0.4, 0.5) is 0 Å². The van der Waals surface area contributed by atoms with Crippen molar-refractivity contribution in [1.29, 1.82) is 0 Å². The zero-order valence-corrected chi connectivity index (χ0v) is 16.0. The average molecular weight is 376 g/mol. The number of Topliss-reactive ketones (excluding diaryl/α,β-unsaturated/α-hetero) is 1. The zero-order valence-electron chi connectivity index (χ0n) is 15.2. The van der Waals surface area contributed by atoms with Gasteiger partial charge in [-0.2, -0.15) is 0 Å². The second-order valence-corrected chi connectivity index (χ2v) is 7.78. The van der Waals surface area contributed by atoms with Crippen LogP contribution in [0.5, 0.6) is 0 Å². The van der Waals surface area contributed by atoms with E-state index in [1.165, 1.54) is 17.3 Å². The molecule has 2 aromatic heterocycles. The normalized spacial score (nSPS) is 12.4. The lowest BCUT2D eigenvalue weighted by molar-refractivity contribution is 0.0995. The molecule has 1 N–H and O–H groups in total. The number of hydrogen-bond acceptors (Lipinski definition) is 4. The third-order valence-electron chi connectivity index (χ3n) is 4.59. The summed E-state index contributed by atoms with van der Waals surface area (Å²) in [6, 6.07) is 18.0. The highest BCUT2D eigenvalue weighted by Crippen LogP contribution is 2.28. The topological polar surface area (TPSA) is 63.6 Å². The van der Waals surface area contributed by atoms with E-state index in [4.69, 9.17) is 0 Å². The van der Waals surface area contributed by atoms with Crippen LogP contribution >= 0.6 is 11.8 Å². The highest BCUT2D eigenvalue weighted by atomic mass is 32.2. The van der Waals surface area contributed by atoms with Crippen LogP contribution in [0.15, 0.2) is 66.0 Å². The molecule has 0 aliphatic rings. The first-order valence-electron chi connectivity index (χ1n) is 8.84. The highest BCUT2D eigenvalue weighted by molar-refractivity contribution is 8.00. The van der Waals surface area contributed by atoms with Gasteiger partial charge in [0.2, 0.25) is 0 Å². The number of nitrogens with zero attached hydrogens (tertiary/aromatic N) is 3. The first-order valence-corrected chi connectivity index (χ1v) is 9.72. The second-order valence-electron chi connectivity index (χ2n) is 6.47. The molecule has 0 aliphatic heterocycles. The number of ketones is 1. The molecule has 0 saturated carbocycles. The smallest absolute Gasteiger partial charge is 0.192 e. The van der Waals surface area contributed by atoms with Gasteiger partial charge in [-0.05, 0) is 25.5 Å². The molecule has 6 heteroatoms. The molecular weight excluding hydrogens is 356 g/mol. The minimum absolute atomic E-state index is 0.0874. The van der Waals surface area contributed by atoms with E-state index in [1.807, 2.05) is 56.3 Å². The van der Waals surface area contributed by atoms with Gasteiger partial charge in [0.1, 0.15) is 5.82 Å². The lowest BCUT2D eigenvalue weighted by atomic mass is 10.1. The number of carbonyl (C=O) groups excluding carboxylic acids is 1. The largest absolute Gasteiger partial charge is 0.360 e. The molecule has 0 amide bonds. The Labute approximate surface area is 161 Å². The van der Waals surface area contributed by atoms with Crippen LogP contribution in [-0.4, -0.2) is 30.8 Å². The van der Waals surface area contributed by atoms with E-state index in [1.54, 1.807) is 6.20 Å². The Kier molecular flexibility index (Phi) is 4.81. The van der Waals surface area contributed by atoms with Gasteiger partial charge in [-0.1, -0.05) is 60.3 Å². The number of rotatable bonds is 6. The quantitative estimate of drug-likeness (QED) is 0.398. The third-order valence-corrected chi connectivity index (χ3v) is 5.67. The predicted octanol–water partition coefficient (Wildman–Crippen LogP) is 4.48. The fourth-order valence-electron chi connectivity index (χ4n) is 3.10. The number of nitrogens with one attached hydrogen (secondary N) is 1. The summed E-state index contributed by atoms with van der Waals surface area (Å²) in [4.78, 5) is 16.2. The monoisotopic (exact) mass is 376 g/mol. The molecule has 5 nitrogen and oxygen atoms in total. The number of aryl methyl sites for hydroxylation is 1. The number of carbonyl (C=O) groups is 1. The van der Waals surface area contributed by atoms with Crippen molar-refractivity contribution in [1.82, 2.24) is 19.7 Å². The second kappa shape index (κ2) is 7.40. The molecule has 1 atom stereocenters. The Balaban J connectivity index is 1.56. The van der Waals surface area contributed by atoms with Gasteiger partial charge in [-0.3, -0.25) is 4.79 Å². The van der Waals surface area contributed by atoms with Gasteiger partial charge >= 0.3 is 0 Å². The number of fused-ring (bicyclic) bond motifs is 1. The molecule has 0 unspecified atom stereocenters. The molecule has 4 rings (SSSR count). The average Bonchev–Trinajstić information content (AvgIpc) is 3.27. The number of thioether (sulfide) groups is 1. The molecule has 136 valence electrons. The van der Waals surface area contributed by atoms with Crippen molar-refractivity contribution < 1.29 is 4.79 Å². The SMILES string of the molecule is Cc1nnc(S[C@H](C)C(=O)c2c[nH]c3ccccc23)n1Cc1ccccc1. The minimum Gasteiger partial charge on any atom is -0.360 e. The van der Waals surface area contributed by atoms with E-state index in [0.717, 1.165) is 27.4 Å². The molecule has 0 bridgehead atoms. The van der Waals surface area contributed by atoms with Gasteiger partial charge < -0.3 is 9.55 Å². The van der Waals surface area contributed by atoms with E-state index in [2.05, 4.69) is 31.9 Å². The molecule has 4 aromatic rings. The zero-order chi connectivity index (χ0) is 18.8. The van der Waals surface area contributed by atoms with E-state index >= 15 is 0 Å². The van der Waals surface area contributed by atoms with Crippen LogP contribution in [0.2, 0.25) is 0 Å². The van der Waals surface area contributed by atoms with Crippen molar-refractivity contribution in [2.75, 3.05) is 0 Å². The van der Waals surface area contributed by atoms with Gasteiger partial charge in [0.05, 0.1) is 11.8 Å². The van der Waals surface area contributed by atoms with Crippen LogP contribution in [0.1, 0.15) is 28.7 Å². The van der Waals surface area contributed by atoms with Gasteiger partial charge in [0, 0.05) is 22.7 Å². The summed E-state index contributed by atoms with van der Waals surface area (Å²) < 4.78 is 2.05. The molecule has 0 aliphatic carbocycles. The number of aromatic amines is 1. The van der Waals surface area contributed by atoms with Crippen molar-refractivity contribution >= 4 is 28.4 Å². The molecule has 2 heterocycles. The maximum absolute atomic E-state index is 13.0. The summed E-state index contributed by atoms with van der Waals surface area (Å²) in [6.45, 7) is 4.55. The summed E-state index contributed by atoms with van der Waals surface area (Å²) in [5, 5.41) is 9.96. The van der Waals surface area contributed by atoms with Crippen molar-refractivity contribution in [2.45, 2.75) is 30.8 Å². The Hall–Kier alpha value is -2.86. The Morgan fingerprint density at radius 3 is 2.67 bits per heavy atom. The first kappa shape index (κ1) is 17.5. The molecule has 0 radical (unpaired) electrons. The number of H-pyrrole nitrogens is 1. The lowest BCUT2D eigenvalue weighted by Gasteiger charge is -2.12. The molecule has 27 heavy (non-hydrogen) atoms. The molecule has 0 fully saturated rings. The van der Waals surface area contributed by atoms with Gasteiger partial charge in [0.15, 0.2) is 10.9 Å². The van der Waals surface area contributed by atoms with Crippen LogP contribution in [0.3, 0.4) is 0 Å². The van der Waals surface area contributed by atoms with Crippen LogP contribution in [0.25, 0.3) is 10.9 Å². The lowest BCUT2D eigenvalue weighted by Crippen LogP contribution is -2.15. The Morgan fingerprint density at radius 1 is 1.11 bits per heavy atom. The summed E-state index contributed by atoms with van der Waals surface area (Å²) in [5.74, 6) is 0.928. The third kappa shape index (κ3) is 3.53. The van der Waals surface area contributed by atoms with Crippen molar-refractivity contribution in [3.8, 4) is 0 Å². The molecular formula is C21H20N4OS. The van der Waals surface area contributed by atoms with Crippen molar-refractivity contribution in [2.24, 2.45) is 0 Å². The van der Waals surface area contributed by atoms with Gasteiger partial charge in [-0.25, -0.2) is 0 Å². The molecule has 0 saturated heterocycles. The van der Waals surface area contributed by atoms with E-state index in [0.29, 0.717) is 6.54 Å². The van der Waals surface area contributed by atoms with Crippen molar-refractivity contribution in [3.63, 3.8) is 0 Å².